The number of carbonyl (C=O) groups is 1. The number of hydrogen-bond donors (Lipinski definition) is 1. The molecule has 6 nitrogen and oxygen atoms in total. The Morgan fingerprint density at radius 3 is 2.87 bits per heavy atom. The van der Waals surface area contributed by atoms with E-state index in [2.05, 4.69) is 5.32 Å². The van der Waals surface area contributed by atoms with Crippen molar-refractivity contribution >= 4 is 21.6 Å². The molecule has 1 aliphatic rings. The van der Waals surface area contributed by atoms with E-state index >= 15 is 0 Å². The van der Waals surface area contributed by atoms with Crippen molar-refractivity contribution in [3.8, 4) is 0 Å². The highest BCUT2D eigenvalue weighted by Crippen LogP contribution is 2.19. The number of nitrogens with zero attached hydrogens (tertiary/aromatic N) is 1. The predicted molar refractivity (Wildman–Crippen MR) is 85.2 cm³/mol. The van der Waals surface area contributed by atoms with Gasteiger partial charge in [0.2, 0.25) is 15.9 Å². The van der Waals surface area contributed by atoms with Crippen molar-refractivity contribution in [3.63, 3.8) is 0 Å². The van der Waals surface area contributed by atoms with Crippen LogP contribution in [0.3, 0.4) is 0 Å². The first kappa shape index (κ1) is 17.7. The third kappa shape index (κ3) is 5.47. The molecule has 128 valence electrons. The van der Waals surface area contributed by atoms with E-state index < -0.39 is 15.8 Å². The molecule has 1 amide bonds. The van der Waals surface area contributed by atoms with Crippen LogP contribution in [0.5, 0.6) is 0 Å². The summed E-state index contributed by atoms with van der Waals surface area (Å²) in [6.45, 7) is 1.10. The van der Waals surface area contributed by atoms with Crippen LogP contribution in [0.25, 0.3) is 0 Å². The van der Waals surface area contributed by atoms with Crippen LogP contribution >= 0.6 is 0 Å². The predicted octanol–water partition coefficient (Wildman–Crippen LogP) is 1.28. The van der Waals surface area contributed by atoms with Gasteiger partial charge in [-0.2, -0.15) is 0 Å². The van der Waals surface area contributed by atoms with E-state index in [1.165, 1.54) is 18.2 Å². The number of ether oxygens (including phenoxy) is 1. The zero-order chi connectivity index (χ0) is 16.9. The summed E-state index contributed by atoms with van der Waals surface area (Å²) >= 11 is 0. The highest BCUT2D eigenvalue weighted by Gasteiger charge is 2.20. The molecule has 0 radical (unpaired) electrons. The molecule has 1 aromatic rings. The maximum atomic E-state index is 13.3. The second kappa shape index (κ2) is 7.74. The number of rotatable bonds is 7. The van der Waals surface area contributed by atoms with Crippen molar-refractivity contribution in [1.29, 1.82) is 0 Å². The largest absolute Gasteiger partial charge is 0.376 e. The molecule has 1 N–H and O–H groups in total. The van der Waals surface area contributed by atoms with Crippen LogP contribution in [-0.2, 0) is 19.6 Å². The lowest BCUT2D eigenvalue weighted by Crippen LogP contribution is -2.36. The highest BCUT2D eigenvalue weighted by molar-refractivity contribution is 7.92. The molecule has 8 heteroatoms. The van der Waals surface area contributed by atoms with Crippen molar-refractivity contribution in [2.24, 2.45) is 0 Å². The summed E-state index contributed by atoms with van der Waals surface area (Å²) in [6, 6.07) is 5.29. The van der Waals surface area contributed by atoms with Crippen LogP contribution < -0.4 is 9.62 Å². The molecule has 0 aliphatic carbocycles. The van der Waals surface area contributed by atoms with Gasteiger partial charge in [-0.3, -0.25) is 9.10 Å². The molecule has 1 fully saturated rings. The first-order valence-electron chi connectivity index (χ1n) is 7.48. The standard InChI is InChI=1S/C15H21FN2O4S/c1-23(20,21)18(13-5-2-4-12(16)10-13)8-7-15(19)17-11-14-6-3-9-22-14/h2,4-5,10,14H,3,6-9,11H2,1H3,(H,17,19). The number of anilines is 1. The smallest absolute Gasteiger partial charge is 0.232 e. The van der Waals surface area contributed by atoms with E-state index in [0.29, 0.717) is 13.2 Å². The maximum absolute atomic E-state index is 13.3. The van der Waals surface area contributed by atoms with Gasteiger partial charge in [-0.25, -0.2) is 12.8 Å². The number of benzene rings is 1. The van der Waals surface area contributed by atoms with Crippen molar-refractivity contribution in [2.45, 2.75) is 25.4 Å². The number of halogens is 1. The van der Waals surface area contributed by atoms with E-state index in [9.17, 15) is 17.6 Å². The second-order valence-electron chi connectivity index (χ2n) is 5.50. The van der Waals surface area contributed by atoms with E-state index in [1.807, 2.05) is 0 Å². The molecule has 1 heterocycles. The first-order valence-corrected chi connectivity index (χ1v) is 9.32. The van der Waals surface area contributed by atoms with Gasteiger partial charge in [-0.1, -0.05) is 6.07 Å². The molecule has 0 aromatic heterocycles. The lowest BCUT2D eigenvalue weighted by Gasteiger charge is -2.22. The minimum atomic E-state index is -3.60. The van der Waals surface area contributed by atoms with Gasteiger partial charge in [0, 0.05) is 26.1 Å². The fraction of sp³-hybridized carbons (Fsp3) is 0.533. The van der Waals surface area contributed by atoms with Crippen molar-refractivity contribution < 1.29 is 22.3 Å². The molecule has 1 unspecified atom stereocenters. The first-order chi connectivity index (χ1) is 10.9. The summed E-state index contributed by atoms with van der Waals surface area (Å²) in [4.78, 5) is 11.9. The van der Waals surface area contributed by atoms with E-state index in [-0.39, 0.29) is 30.7 Å². The fourth-order valence-electron chi connectivity index (χ4n) is 2.44. The third-order valence-electron chi connectivity index (χ3n) is 3.59. The van der Waals surface area contributed by atoms with Gasteiger partial charge < -0.3 is 10.1 Å². The molecule has 1 saturated heterocycles. The molecular formula is C15H21FN2O4S. The molecule has 0 spiro atoms. The topological polar surface area (TPSA) is 75.7 Å². The Labute approximate surface area is 135 Å². The van der Waals surface area contributed by atoms with Crippen molar-refractivity contribution in [1.82, 2.24) is 5.32 Å². The Kier molecular flexibility index (Phi) is 5.95. The Hall–Kier alpha value is -1.67. The lowest BCUT2D eigenvalue weighted by molar-refractivity contribution is -0.121. The normalized spacial score (nSPS) is 17.9. The average Bonchev–Trinajstić information content (AvgIpc) is 2.97. The summed E-state index contributed by atoms with van der Waals surface area (Å²) in [5.41, 5.74) is 0.208. The van der Waals surface area contributed by atoms with Gasteiger partial charge in [-0.05, 0) is 31.0 Å². The number of sulfonamides is 1. The zero-order valence-electron chi connectivity index (χ0n) is 13.0. The second-order valence-corrected chi connectivity index (χ2v) is 7.41. The summed E-state index contributed by atoms with van der Waals surface area (Å²) < 4.78 is 43.5. The zero-order valence-corrected chi connectivity index (χ0v) is 13.8. The Balaban J connectivity index is 1.92. The quantitative estimate of drug-likeness (QED) is 0.808. The van der Waals surface area contributed by atoms with Gasteiger partial charge in [0.15, 0.2) is 0 Å². The molecular weight excluding hydrogens is 323 g/mol. The van der Waals surface area contributed by atoms with E-state index in [0.717, 1.165) is 29.5 Å². The molecule has 1 aliphatic heterocycles. The molecule has 1 aromatic carbocycles. The van der Waals surface area contributed by atoms with Crippen LogP contribution in [0.15, 0.2) is 24.3 Å². The number of nitrogens with one attached hydrogen (secondary N) is 1. The van der Waals surface area contributed by atoms with E-state index in [1.54, 1.807) is 0 Å². The van der Waals surface area contributed by atoms with Crippen LogP contribution in [0.2, 0.25) is 0 Å². The maximum Gasteiger partial charge on any atom is 0.232 e. The van der Waals surface area contributed by atoms with E-state index in [4.69, 9.17) is 4.74 Å². The molecule has 0 bridgehead atoms. The van der Waals surface area contributed by atoms with Gasteiger partial charge in [0.05, 0.1) is 18.0 Å². The summed E-state index contributed by atoms with van der Waals surface area (Å²) in [5.74, 6) is -0.787. The van der Waals surface area contributed by atoms with Crippen LogP contribution in [0, 0.1) is 5.82 Å². The summed E-state index contributed by atoms with van der Waals surface area (Å²) in [7, 11) is -3.60. The van der Waals surface area contributed by atoms with Gasteiger partial charge >= 0.3 is 0 Å². The molecule has 1 atom stereocenters. The number of hydrogen-bond acceptors (Lipinski definition) is 4. The Morgan fingerprint density at radius 2 is 2.26 bits per heavy atom. The fourth-order valence-corrected chi connectivity index (χ4v) is 3.36. The van der Waals surface area contributed by atoms with Crippen molar-refractivity contribution in [3.05, 3.63) is 30.1 Å². The van der Waals surface area contributed by atoms with Crippen LogP contribution in [-0.4, -0.2) is 46.4 Å². The Bertz CT molecular complexity index is 645. The summed E-state index contributed by atoms with van der Waals surface area (Å²) in [6.07, 6.45) is 2.97. The number of carbonyl (C=O) groups excluding carboxylic acids is 1. The minimum Gasteiger partial charge on any atom is -0.376 e. The minimum absolute atomic E-state index is 0.00367. The van der Waals surface area contributed by atoms with Crippen LogP contribution in [0.4, 0.5) is 10.1 Å². The third-order valence-corrected chi connectivity index (χ3v) is 4.78. The van der Waals surface area contributed by atoms with Crippen molar-refractivity contribution in [2.75, 3.05) is 30.3 Å². The Morgan fingerprint density at radius 1 is 1.48 bits per heavy atom. The molecule has 23 heavy (non-hydrogen) atoms. The SMILES string of the molecule is CS(=O)(=O)N(CCC(=O)NCC1CCCO1)c1cccc(F)c1. The monoisotopic (exact) mass is 344 g/mol. The number of amides is 1. The summed E-state index contributed by atoms with van der Waals surface area (Å²) in [5, 5.41) is 2.73. The van der Waals surface area contributed by atoms with Crippen LogP contribution in [0.1, 0.15) is 19.3 Å². The van der Waals surface area contributed by atoms with Gasteiger partial charge in [0.1, 0.15) is 5.82 Å². The van der Waals surface area contributed by atoms with Gasteiger partial charge in [0.25, 0.3) is 0 Å². The molecule has 0 saturated carbocycles. The lowest BCUT2D eigenvalue weighted by atomic mass is 10.2. The average molecular weight is 344 g/mol. The molecule has 2 rings (SSSR count). The highest BCUT2D eigenvalue weighted by atomic mass is 32.2. The van der Waals surface area contributed by atoms with Gasteiger partial charge in [-0.15, -0.1) is 0 Å².